The van der Waals surface area contributed by atoms with Gasteiger partial charge in [0.05, 0.1) is 31.3 Å². The number of methoxy groups -OCH3 is 1. The Hall–Kier alpha value is -3.20. The summed E-state index contributed by atoms with van der Waals surface area (Å²) >= 11 is 0. The number of nitrogens with one attached hydrogen (secondary N) is 1. The molecule has 3 aromatic rings. The molecule has 1 aliphatic rings. The molecule has 4 rings (SSSR count). The molecule has 0 saturated carbocycles. The lowest BCUT2D eigenvalue weighted by molar-refractivity contribution is -0.121. The maximum absolute atomic E-state index is 13.2. The molecule has 1 amide bonds. The summed E-state index contributed by atoms with van der Waals surface area (Å²) in [5.74, 6) is 0.431. The van der Waals surface area contributed by atoms with Crippen molar-refractivity contribution in [2.75, 3.05) is 33.4 Å². The lowest BCUT2D eigenvalue weighted by atomic mass is 9.93. The average Bonchev–Trinajstić information content (AvgIpc) is 2.91. The van der Waals surface area contributed by atoms with Gasteiger partial charge in [0.15, 0.2) is 0 Å². The zero-order valence-electron chi connectivity index (χ0n) is 21.6. The fourth-order valence-corrected chi connectivity index (χ4v) is 6.12. The van der Waals surface area contributed by atoms with Crippen molar-refractivity contribution in [2.45, 2.75) is 37.6 Å². The van der Waals surface area contributed by atoms with E-state index in [2.05, 4.69) is 30.4 Å². The third-order valence-electron chi connectivity index (χ3n) is 6.66. The summed E-state index contributed by atoms with van der Waals surface area (Å²) in [6, 6.07) is 20.7. The van der Waals surface area contributed by atoms with Gasteiger partial charge in [-0.15, -0.1) is 0 Å². The Kier molecular flexibility index (Phi) is 8.63. The molecular formula is C29H34N2O5S. The summed E-state index contributed by atoms with van der Waals surface area (Å²) in [4.78, 5) is 13.4. The van der Waals surface area contributed by atoms with Crippen LogP contribution in [0, 0.1) is 13.8 Å². The number of carbonyl (C=O) groups is 1. The second kappa shape index (κ2) is 11.9. The van der Waals surface area contributed by atoms with Crippen molar-refractivity contribution < 1.29 is 22.7 Å². The maximum atomic E-state index is 13.2. The molecule has 0 radical (unpaired) electrons. The number of sulfonamides is 1. The second-order valence-electron chi connectivity index (χ2n) is 9.26. The number of aryl methyl sites for hydroxylation is 3. The Morgan fingerprint density at radius 1 is 1.03 bits per heavy atom. The minimum Gasteiger partial charge on any atom is -0.496 e. The number of amides is 1. The first-order chi connectivity index (χ1) is 17.8. The fraction of sp³-hybridized carbons (Fsp3) is 0.345. The molecule has 7 nitrogen and oxygen atoms in total. The largest absolute Gasteiger partial charge is 0.496 e. The monoisotopic (exact) mass is 522 g/mol. The van der Waals surface area contributed by atoms with Crippen LogP contribution in [-0.4, -0.2) is 52.0 Å². The van der Waals surface area contributed by atoms with Gasteiger partial charge in [0.1, 0.15) is 5.75 Å². The van der Waals surface area contributed by atoms with Gasteiger partial charge in [0.2, 0.25) is 15.9 Å². The highest BCUT2D eigenvalue weighted by Crippen LogP contribution is 2.28. The van der Waals surface area contributed by atoms with Crippen molar-refractivity contribution in [3.63, 3.8) is 0 Å². The van der Waals surface area contributed by atoms with E-state index in [1.165, 1.54) is 9.87 Å². The quantitative estimate of drug-likeness (QED) is 0.456. The molecular weight excluding hydrogens is 488 g/mol. The third kappa shape index (κ3) is 6.39. The number of carbonyl (C=O) groups excluding carboxylic acids is 1. The number of hydrogen-bond donors (Lipinski definition) is 1. The Bertz CT molecular complexity index is 1340. The van der Waals surface area contributed by atoms with E-state index in [9.17, 15) is 13.2 Å². The normalized spacial score (nSPS) is 15.2. The molecule has 1 fully saturated rings. The van der Waals surface area contributed by atoms with Gasteiger partial charge in [-0.1, -0.05) is 54.1 Å². The van der Waals surface area contributed by atoms with Crippen LogP contribution in [0.2, 0.25) is 0 Å². The van der Waals surface area contributed by atoms with E-state index in [0.29, 0.717) is 44.0 Å². The van der Waals surface area contributed by atoms with E-state index in [1.807, 2.05) is 37.3 Å². The highest BCUT2D eigenvalue weighted by Gasteiger charge is 2.27. The SMILES string of the molecule is COc1ccc(S(=O)(=O)N2CCOCC2)cc1CCC(=O)NC(c1ccccc1)c1ccc(C)cc1C. The zero-order valence-corrected chi connectivity index (χ0v) is 22.4. The predicted octanol–water partition coefficient (Wildman–Crippen LogP) is 4.17. The first kappa shape index (κ1) is 26.9. The summed E-state index contributed by atoms with van der Waals surface area (Å²) in [5, 5.41) is 3.19. The molecule has 8 heteroatoms. The molecule has 37 heavy (non-hydrogen) atoms. The minimum atomic E-state index is -3.65. The van der Waals surface area contributed by atoms with Crippen LogP contribution in [0.5, 0.6) is 5.75 Å². The standard InChI is InChI=1S/C29H34N2O5S/c1-21-9-12-26(22(2)19-21)29(23-7-5-4-6-8-23)30-28(32)14-10-24-20-25(11-13-27(24)35-3)37(33,34)31-15-17-36-18-16-31/h4-9,11-13,19-20,29H,10,14-18H2,1-3H3,(H,30,32). The molecule has 1 atom stereocenters. The van der Waals surface area contributed by atoms with Crippen LogP contribution < -0.4 is 10.1 Å². The summed E-state index contributed by atoms with van der Waals surface area (Å²) in [6.45, 7) is 5.51. The second-order valence-corrected chi connectivity index (χ2v) is 11.2. The highest BCUT2D eigenvalue weighted by atomic mass is 32.2. The van der Waals surface area contributed by atoms with Crippen molar-refractivity contribution in [3.05, 3.63) is 94.5 Å². The van der Waals surface area contributed by atoms with Crippen LogP contribution in [0.15, 0.2) is 71.6 Å². The average molecular weight is 523 g/mol. The van der Waals surface area contributed by atoms with Gasteiger partial charge in [-0.25, -0.2) is 8.42 Å². The van der Waals surface area contributed by atoms with E-state index in [-0.39, 0.29) is 23.3 Å². The fourth-order valence-electron chi connectivity index (χ4n) is 4.66. The number of rotatable bonds is 9. The van der Waals surface area contributed by atoms with Crippen LogP contribution in [0.1, 0.15) is 40.3 Å². The van der Waals surface area contributed by atoms with Crippen LogP contribution in [0.25, 0.3) is 0 Å². The van der Waals surface area contributed by atoms with Crippen LogP contribution >= 0.6 is 0 Å². The van der Waals surface area contributed by atoms with E-state index in [1.54, 1.807) is 25.3 Å². The van der Waals surface area contributed by atoms with Crippen molar-refractivity contribution >= 4 is 15.9 Å². The van der Waals surface area contributed by atoms with E-state index in [0.717, 1.165) is 16.7 Å². The summed E-state index contributed by atoms with van der Waals surface area (Å²) < 4.78 is 38.5. The highest BCUT2D eigenvalue weighted by molar-refractivity contribution is 7.89. The van der Waals surface area contributed by atoms with Crippen molar-refractivity contribution in [1.29, 1.82) is 0 Å². The number of hydrogen-bond acceptors (Lipinski definition) is 5. The maximum Gasteiger partial charge on any atom is 0.243 e. The van der Waals surface area contributed by atoms with Crippen LogP contribution in [0.4, 0.5) is 0 Å². The van der Waals surface area contributed by atoms with E-state index < -0.39 is 10.0 Å². The lowest BCUT2D eigenvalue weighted by Crippen LogP contribution is -2.40. The topological polar surface area (TPSA) is 84.9 Å². The first-order valence-electron chi connectivity index (χ1n) is 12.5. The van der Waals surface area contributed by atoms with E-state index in [4.69, 9.17) is 9.47 Å². The van der Waals surface area contributed by atoms with Crippen molar-refractivity contribution in [1.82, 2.24) is 9.62 Å². The third-order valence-corrected chi connectivity index (χ3v) is 8.55. The van der Waals surface area contributed by atoms with Crippen LogP contribution in [0.3, 0.4) is 0 Å². The van der Waals surface area contributed by atoms with Crippen molar-refractivity contribution in [2.24, 2.45) is 0 Å². The molecule has 0 spiro atoms. The summed E-state index contributed by atoms with van der Waals surface area (Å²) in [5.41, 5.74) is 4.99. The van der Waals surface area contributed by atoms with Gasteiger partial charge in [0, 0.05) is 19.5 Å². The molecule has 0 aliphatic carbocycles. The number of benzene rings is 3. The predicted molar refractivity (Wildman–Crippen MR) is 143 cm³/mol. The number of morpholine rings is 1. The molecule has 0 bridgehead atoms. The van der Waals surface area contributed by atoms with Gasteiger partial charge in [-0.2, -0.15) is 4.31 Å². The van der Waals surface area contributed by atoms with E-state index >= 15 is 0 Å². The van der Waals surface area contributed by atoms with Gasteiger partial charge in [0.25, 0.3) is 0 Å². The Labute approximate surface area is 219 Å². The molecule has 1 saturated heterocycles. The van der Waals surface area contributed by atoms with Gasteiger partial charge >= 0.3 is 0 Å². The lowest BCUT2D eigenvalue weighted by Gasteiger charge is -2.26. The Balaban J connectivity index is 1.53. The summed E-state index contributed by atoms with van der Waals surface area (Å²) in [6.07, 6.45) is 0.529. The van der Waals surface area contributed by atoms with Crippen LogP contribution in [-0.2, 0) is 26.0 Å². The number of ether oxygens (including phenoxy) is 2. The molecule has 1 heterocycles. The molecule has 3 aromatic carbocycles. The smallest absolute Gasteiger partial charge is 0.243 e. The first-order valence-corrected chi connectivity index (χ1v) is 13.9. The van der Waals surface area contributed by atoms with Gasteiger partial charge in [-0.05, 0) is 60.7 Å². The zero-order chi connectivity index (χ0) is 26.4. The molecule has 196 valence electrons. The molecule has 1 N–H and O–H groups in total. The van der Waals surface area contributed by atoms with Crippen molar-refractivity contribution in [3.8, 4) is 5.75 Å². The summed E-state index contributed by atoms with van der Waals surface area (Å²) in [7, 11) is -2.11. The minimum absolute atomic E-state index is 0.127. The Morgan fingerprint density at radius 2 is 1.76 bits per heavy atom. The molecule has 1 unspecified atom stereocenters. The number of nitrogens with zero attached hydrogens (tertiary/aromatic N) is 1. The molecule has 0 aromatic heterocycles. The molecule has 1 aliphatic heterocycles. The van der Waals surface area contributed by atoms with Gasteiger partial charge in [-0.3, -0.25) is 4.79 Å². The Morgan fingerprint density at radius 3 is 2.43 bits per heavy atom. The van der Waals surface area contributed by atoms with Gasteiger partial charge < -0.3 is 14.8 Å².